The Hall–Kier alpha value is -1.75. The number of nitrogens with two attached hydrogens (primary N) is 1. The Labute approximate surface area is 86.8 Å². The zero-order chi connectivity index (χ0) is 11.6. The number of rotatable bonds is 3. The number of carbonyl (C=O) groups is 1. The largest absolute Gasteiger partial charge is 0.504 e. The number of carboxylic acids is 1. The summed E-state index contributed by atoms with van der Waals surface area (Å²) < 4.78 is 0. The molecule has 0 spiro atoms. The van der Waals surface area contributed by atoms with E-state index < -0.39 is 12.0 Å². The molecule has 5 nitrogen and oxygen atoms in total. The van der Waals surface area contributed by atoms with E-state index in [4.69, 9.17) is 10.8 Å². The number of aryl methyl sites for hydroxylation is 1. The predicted molar refractivity (Wildman–Crippen MR) is 53.8 cm³/mol. The second-order valence-corrected chi connectivity index (χ2v) is 3.39. The van der Waals surface area contributed by atoms with Gasteiger partial charge in [-0.1, -0.05) is 12.1 Å². The summed E-state index contributed by atoms with van der Waals surface area (Å²) in [5.74, 6) is -1.67. The van der Waals surface area contributed by atoms with Crippen molar-refractivity contribution >= 4 is 5.97 Å². The monoisotopic (exact) mass is 211 g/mol. The molecule has 0 aliphatic rings. The van der Waals surface area contributed by atoms with Crippen molar-refractivity contribution < 1.29 is 20.1 Å². The molecular formula is C10H13NO4. The van der Waals surface area contributed by atoms with Gasteiger partial charge in [-0.15, -0.1) is 0 Å². The van der Waals surface area contributed by atoms with Crippen LogP contribution in [0.3, 0.4) is 0 Å². The van der Waals surface area contributed by atoms with Gasteiger partial charge in [0.05, 0.1) is 0 Å². The molecule has 1 rings (SSSR count). The third kappa shape index (κ3) is 2.38. The lowest BCUT2D eigenvalue weighted by Gasteiger charge is -2.10. The van der Waals surface area contributed by atoms with Crippen molar-refractivity contribution in [3.63, 3.8) is 0 Å². The molecule has 0 heterocycles. The average molecular weight is 211 g/mol. The number of carboxylic acid groups (broad SMARTS) is 1. The van der Waals surface area contributed by atoms with E-state index in [1.807, 2.05) is 0 Å². The third-order valence-corrected chi connectivity index (χ3v) is 2.19. The van der Waals surface area contributed by atoms with Crippen LogP contribution in [0.25, 0.3) is 0 Å². The maximum absolute atomic E-state index is 10.5. The molecule has 0 saturated heterocycles. The molecule has 0 fully saturated rings. The summed E-state index contributed by atoms with van der Waals surface area (Å²) in [6.45, 7) is 1.63. The van der Waals surface area contributed by atoms with Crippen molar-refractivity contribution in [2.45, 2.75) is 19.4 Å². The Kier molecular flexibility index (Phi) is 3.16. The number of aromatic hydroxyl groups is 2. The Balaban J connectivity index is 2.97. The quantitative estimate of drug-likeness (QED) is 0.540. The first-order valence-electron chi connectivity index (χ1n) is 4.42. The number of benzene rings is 1. The molecule has 0 aliphatic carbocycles. The van der Waals surface area contributed by atoms with Crippen molar-refractivity contribution in [3.8, 4) is 11.5 Å². The van der Waals surface area contributed by atoms with Gasteiger partial charge in [-0.05, 0) is 18.1 Å². The number of phenolic OH excluding ortho intramolecular Hbond substituents is 2. The standard InChI is InChI=1S/C10H13NO4/c1-5-2-3-6(9(13)8(5)12)4-7(11)10(14)15/h2-3,7,12-13H,4,11H2,1H3,(H,14,15). The van der Waals surface area contributed by atoms with Crippen molar-refractivity contribution in [1.29, 1.82) is 0 Å². The molecule has 1 aromatic carbocycles. The summed E-state index contributed by atoms with van der Waals surface area (Å²) >= 11 is 0. The minimum absolute atomic E-state index is 0.0188. The van der Waals surface area contributed by atoms with Crippen LogP contribution < -0.4 is 5.73 Å². The molecule has 0 saturated carbocycles. The molecule has 1 aromatic rings. The fraction of sp³-hybridized carbons (Fsp3) is 0.300. The van der Waals surface area contributed by atoms with E-state index in [9.17, 15) is 15.0 Å². The van der Waals surface area contributed by atoms with Crippen LogP contribution in [-0.2, 0) is 11.2 Å². The Bertz CT molecular complexity index is 389. The Morgan fingerprint density at radius 2 is 2.00 bits per heavy atom. The molecule has 0 amide bonds. The molecule has 5 heteroatoms. The zero-order valence-corrected chi connectivity index (χ0v) is 8.27. The van der Waals surface area contributed by atoms with Crippen molar-refractivity contribution in [1.82, 2.24) is 0 Å². The number of aliphatic carboxylic acids is 1. The van der Waals surface area contributed by atoms with Gasteiger partial charge in [0, 0.05) is 6.42 Å². The lowest BCUT2D eigenvalue weighted by atomic mass is 10.0. The SMILES string of the molecule is Cc1ccc(CC(N)C(=O)O)c(O)c1O. The summed E-state index contributed by atoms with van der Waals surface area (Å²) in [6, 6.07) is 2.06. The summed E-state index contributed by atoms with van der Waals surface area (Å²) in [7, 11) is 0. The van der Waals surface area contributed by atoms with E-state index >= 15 is 0 Å². The molecule has 0 radical (unpaired) electrons. The fourth-order valence-electron chi connectivity index (χ4n) is 1.21. The maximum Gasteiger partial charge on any atom is 0.320 e. The highest BCUT2D eigenvalue weighted by Gasteiger charge is 2.16. The van der Waals surface area contributed by atoms with Crippen LogP contribution in [-0.4, -0.2) is 27.3 Å². The van der Waals surface area contributed by atoms with Crippen LogP contribution in [0.15, 0.2) is 12.1 Å². The van der Waals surface area contributed by atoms with Gasteiger partial charge < -0.3 is 21.1 Å². The van der Waals surface area contributed by atoms with Gasteiger partial charge in [-0.2, -0.15) is 0 Å². The van der Waals surface area contributed by atoms with Crippen molar-refractivity contribution in [3.05, 3.63) is 23.3 Å². The molecule has 15 heavy (non-hydrogen) atoms. The molecular weight excluding hydrogens is 198 g/mol. The number of phenols is 2. The van der Waals surface area contributed by atoms with Gasteiger partial charge in [-0.25, -0.2) is 0 Å². The normalized spacial score (nSPS) is 12.4. The van der Waals surface area contributed by atoms with Gasteiger partial charge in [0.1, 0.15) is 6.04 Å². The third-order valence-electron chi connectivity index (χ3n) is 2.19. The Morgan fingerprint density at radius 3 is 2.53 bits per heavy atom. The average Bonchev–Trinajstić information content (AvgIpc) is 2.18. The smallest absolute Gasteiger partial charge is 0.320 e. The summed E-state index contributed by atoms with van der Waals surface area (Å²) in [5, 5.41) is 27.5. The second-order valence-electron chi connectivity index (χ2n) is 3.39. The highest BCUT2D eigenvalue weighted by Crippen LogP contribution is 2.32. The molecule has 1 atom stereocenters. The van der Waals surface area contributed by atoms with Crippen LogP contribution in [0, 0.1) is 6.92 Å². The van der Waals surface area contributed by atoms with E-state index in [0.717, 1.165) is 0 Å². The van der Waals surface area contributed by atoms with Crippen molar-refractivity contribution in [2.75, 3.05) is 0 Å². The number of hydrogen-bond donors (Lipinski definition) is 4. The minimum Gasteiger partial charge on any atom is -0.504 e. The van der Waals surface area contributed by atoms with E-state index in [1.165, 1.54) is 0 Å². The highest BCUT2D eigenvalue weighted by atomic mass is 16.4. The van der Waals surface area contributed by atoms with Crippen LogP contribution in [0.2, 0.25) is 0 Å². The van der Waals surface area contributed by atoms with Gasteiger partial charge >= 0.3 is 5.97 Å². The second kappa shape index (κ2) is 4.18. The van der Waals surface area contributed by atoms with Crippen LogP contribution >= 0.6 is 0 Å². The fourth-order valence-corrected chi connectivity index (χ4v) is 1.21. The van der Waals surface area contributed by atoms with Gasteiger partial charge in [0.2, 0.25) is 0 Å². The first kappa shape index (κ1) is 11.3. The van der Waals surface area contributed by atoms with E-state index in [1.54, 1.807) is 19.1 Å². The van der Waals surface area contributed by atoms with Gasteiger partial charge in [0.15, 0.2) is 11.5 Å². The van der Waals surface area contributed by atoms with Crippen LogP contribution in [0.4, 0.5) is 0 Å². The number of hydrogen-bond acceptors (Lipinski definition) is 4. The molecule has 82 valence electrons. The lowest BCUT2D eigenvalue weighted by molar-refractivity contribution is -0.138. The minimum atomic E-state index is -1.14. The van der Waals surface area contributed by atoms with E-state index in [2.05, 4.69) is 0 Å². The first-order valence-corrected chi connectivity index (χ1v) is 4.42. The highest BCUT2D eigenvalue weighted by molar-refractivity contribution is 5.73. The molecule has 0 aliphatic heterocycles. The van der Waals surface area contributed by atoms with Crippen LogP contribution in [0.5, 0.6) is 11.5 Å². The van der Waals surface area contributed by atoms with Crippen molar-refractivity contribution in [2.24, 2.45) is 5.73 Å². The molecule has 0 aromatic heterocycles. The molecule has 5 N–H and O–H groups in total. The summed E-state index contributed by atoms with van der Waals surface area (Å²) in [6.07, 6.45) is -0.0188. The Morgan fingerprint density at radius 1 is 1.40 bits per heavy atom. The maximum atomic E-state index is 10.5. The topological polar surface area (TPSA) is 104 Å². The molecule has 0 bridgehead atoms. The predicted octanol–water partition coefficient (Wildman–Crippen LogP) is 0.361. The van der Waals surface area contributed by atoms with E-state index in [0.29, 0.717) is 11.1 Å². The molecule has 1 unspecified atom stereocenters. The van der Waals surface area contributed by atoms with Gasteiger partial charge in [-0.3, -0.25) is 4.79 Å². The van der Waals surface area contributed by atoms with Gasteiger partial charge in [0.25, 0.3) is 0 Å². The summed E-state index contributed by atoms with van der Waals surface area (Å²) in [4.78, 5) is 10.5. The lowest BCUT2D eigenvalue weighted by Crippen LogP contribution is -2.32. The van der Waals surface area contributed by atoms with Crippen LogP contribution in [0.1, 0.15) is 11.1 Å². The first-order chi connectivity index (χ1) is 6.93. The summed E-state index contributed by atoms with van der Waals surface area (Å²) in [5.41, 5.74) is 6.17. The zero-order valence-electron chi connectivity index (χ0n) is 8.27. The van der Waals surface area contributed by atoms with E-state index in [-0.39, 0.29) is 17.9 Å².